The molecule has 1 amide bonds. The van der Waals surface area contributed by atoms with Gasteiger partial charge >= 0.3 is 0 Å². The number of hydrogen-bond donors (Lipinski definition) is 3. The summed E-state index contributed by atoms with van der Waals surface area (Å²) in [7, 11) is 0. The smallest absolute Gasteiger partial charge is 0.238 e. The third-order valence-corrected chi connectivity index (χ3v) is 4.36. The van der Waals surface area contributed by atoms with Crippen molar-refractivity contribution in [3.05, 3.63) is 30.3 Å². The molecule has 1 fully saturated rings. The second-order valence-electron chi connectivity index (χ2n) is 5.02. The first kappa shape index (κ1) is 15.4. The van der Waals surface area contributed by atoms with Crippen molar-refractivity contribution in [3.63, 3.8) is 0 Å². The Balaban J connectivity index is 1.61. The Morgan fingerprint density at radius 3 is 2.90 bits per heavy atom. The van der Waals surface area contributed by atoms with Crippen LogP contribution < -0.4 is 16.2 Å². The lowest BCUT2D eigenvalue weighted by Gasteiger charge is -2.10. The van der Waals surface area contributed by atoms with E-state index >= 15 is 0 Å². The number of carbonyl (C=O) groups is 1. The Labute approximate surface area is 125 Å². The van der Waals surface area contributed by atoms with E-state index in [-0.39, 0.29) is 11.9 Å². The van der Waals surface area contributed by atoms with Gasteiger partial charge < -0.3 is 5.32 Å². The Kier molecular flexibility index (Phi) is 6.36. The Hall–Kier alpha value is -1.04. The summed E-state index contributed by atoms with van der Waals surface area (Å²) in [5.74, 6) is 0.999. The normalized spacial score (nSPS) is 21.9. The first-order valence-electron chi connectivity index (χ1n) is 7.26. The van der Waals surface area contributed by atoms with Gasteiger partial charge in [-0.1, -0.05) is 31.5 Å². The minimum atomic E-state index is -0.0896. The number of carbonyl (C=O) groups excluding carboxylic acids is 1. The minimum Gasteiger partial charge on any atom is -0.354 e. The largest absolute Gasteiger partial charge is 0.354 e. The van der Waals surface area contributed by atoms with Crippen LogP contribution >= 0.6 is 11.8 Å². The minimum absolute atomic E-state index is 0.0896. The number of amides is 1. The van der Waals surface area contributed by atoms with Crippen LogP contribution in [-0.2, 0) is 4.79 Å². The van der Waals surface area contributed by atoms with Crippen molar-refractivity contribution >= 4 is 17.7 Å². The fourth-order valence-electron chi connectivity index (χ4n) is 2.31. The predicted molar refractivity (Wildman–Crippen MR) is 83.5 cm³/mol. The molecule has 0 aliphatic carbocycles. The summed E-state index contributed by atoms with van der Waals surface area (Å²) >= 11 is 1.76. The summed E-state index contributed by atoms with van der Waals surface area (Å²) in [6, 6.07) is 10.6. The van der Waals surface area contributed by atoms with Gasteiger partial charge in [0.25, 0.3) is 0 Å². The van der Waals surface area contributed by atoms with E-state index in [4.69, 9.17) is 0 Å². The molecule has 1 aliphatic heterocycles. The quantitative estimate of drug-likeness (QED) is 0.531. The van der Waals surface area contributed by atoms with Gasteiger partial charge in [0.2, 0.25) is 5.91 Å². The van der Waals surface area contributed by atoms with Gasteiger partial charge in [-0.3, -0.25) is 10.2 Å². The summed E-state index contributed by atoms with van der Waals surface area (Å²) < 4.78 is 0. The Morgan fingerprint density at radius 1 is 1.35 bits per heavy atom. The summed E-state index contributed by atoms with van der Waals surface area (Å²) in [5.41, 5.74) is 6.27. The van der Waals surface area contributed by atoms with Crippen LogP contribution in [0, 0.1) is 0 Å². The fourth-order valence-corrected chi connectivity index (χ4v) is 3.10. The number of benzene rings is 1. The third kappa shape index (κ3) is 4.81. The second kappa shape index (κ2) is 8.29. The van der Waals surface area contributed by atoms with Gasteiger partial charge in [-0.2, -0.15) is 0 Å². The van der Waals surface area contributed by atoms with Crippen molar-refractivity contribution in [1.82, 2.24) is 16.2 Å². The van der Waals surface area contributed by atoms with Crippen molar-refractivity contribution in [3.8, 4) is 0 Å². The van der Waals surface area contributed by atoms with Crippen LogP contribution in [0.1, 0.15) is 26.2 Å². The molecule has 0 aromatic heterocycles. The standard InChI is InChI=1S/C15H23N3OS/c1-2-6-12-11-14(18-17-12)15(19)16-9-10-20-13-7-4-3-5-8-13/h3-5,7-8,12,14,17-18H,2,6,9-11H2,1H3,(H,16,19). The number of nitrogens with one attached hydrogen (secondary N) is 3. The highest BCUT2D eigenvalue weighted by atomic mass is 32.2. The van der Waals surface area contributed by atoms with E-state index in [1.807, 2.05) is 18.2 Å². The number of thioether (sulfide) groups is 1. The molecule has 0 bridgehead atoms. The topological polar surface area (TPSA) is 53.2 Å². The first-order valence-corrected chi connectivity index (χ1v) is 8.24. The van der Waals surface area contributed by atoms with Gasteiger partial charge in [0, 0.05) is 23.2 Å². The molecule has 1 aliphatic rings. The maximum atomic E-state index is 12.0. The Morgan fingerprint density at radius 2 is 2.15 bits per heavy atom. The maximum absolute atomic E-state index is 12.0. The average Bonchev–Trinajstić information content (AvgIpc) is 2.94. The highest BCUT2D eigenvalue weighted by molar-refractivity contribution is 7.99. The molecule has 2 atom stereocenters. The third-order valence-electron chi connectivity index (χ3n) is 3.35. The lowest BCUT2D eigenvalue weighted by atomic mass is 10.1. The van der Waals surface area contributed by atoms with Crippen molar-refractivity contribution in [2.45, 2.75) is 43.2 Å². The molecule has 20 heavy (non-hydrogen) atoms. The highest BCUT2D eigenvalue weighted by Crippen LogP contribution is 2.16. The molecule has 5 heteroatoms. The molecule has 3 N–H and O–H groups in total. The molecular formula is C15H23N3OS. The summed E-state index contributed by atoms with van der Waals surface area (Å²) in [4.78, 5) is 13.2. The molecule has 1 aromatic rings. The molecule has 0 radical (unpaired) electrons. The molecule has 0 spiro atoms. The molecular weight excluding hydrogens is 270 g/mol. The fraction of sp³-hybridized carbons (Fsp3) is 0.533. The van der Waals surface area contributed by atoms with Gasteiger partial charge in [0.05, 0.1) is 0 Å². The second-order valence-corrected chi connectivity index (χ2v) is 6.18. The molecule has 0 saturated carbocycles. The molecule has 1 heterocycles. The molecule has 110 valence electrons. The first-order chi connectivity index (χ1) is 9.79. The van der Waals surface area contributed by atoms with Crippen LogP contribution in [-0.4, -0.2) is 30.3 Å². The summed E-state index contributed by atoms with van der Waals surface area (Å²) in [5, 5.41) is 3.00. The van der Waals surface area contributed by atoms with E-state index < -0.39 is 0 Å². The van der Waals surface area contributed by atoms with Crippen LogP contribution in [0.5, 0.6) is 0 Å². The van der Waals surface area contributed by atoms with E-state index in [1.165, 1.54) is 4.90 Å². The van der Waals surface area contributed by atoms with E-state index in [9.17, 15) is 4.79 Å². The van der Waals surface area contributed by atoms with E-state index in [0.717, 1.165) is 25.0 Å². The summed E-state index contributed by atoms with van der Waals surface area (Å²) in [6.07, 6.45) is 3.13. The van der Waals surface area contributed by atoms with Crippen molar-refractivity contribution < 1.29 is 4.79 Å². The number of hydrazine groups is 1. The van der Waals surface area contributed by atoms with Gasteiger partial charge in [-0.25, -0.2) is 5.43 Å². The monoisotopic (exact) mass is 293 g/mol. The average molecular weight is 293 g/mol. The number of hydrogen-bond acceptors (Lipinski definition) is 4. The van der Waals surface area contributed by atoms with Crippen LogP contribution in [0.25, 0.3) is 0 Å². The van der Waals surface area contributed by atoms with Crippen LogP contribution in [0.3, 0.4) is 0 Å². The zero-order valence-electron chi connectivity index (χ0n) is 11.9. The molecule has 1 saturated heterocycles. The highest BCUT2D eigenvalue weighted by Gasteiger charge is 2.28. The maximum Gasteiger partial charge on any atom is 0.238 e. The zero-order valence-corrected chi connectivity index (χ0v) is 12.7. The van der Waals surface area contributed by atoms with Gasteiger partial charge in [-0.15, -0.1) is 11.8 Å². The van der Waals surface area contributed by atoms with Crippen LogP contribution in [0.2, 0.25) is 0 Å². The molecule has 2 unspecified atom stereocenters. The van der Waals surface area contributed by atoms with Crippen molar-refractivity contribution in [2.24, 2.45) is 0 Å². The Bertz CT molecular complexity index is 413. The van der Waals surface area contributed by atoms with Gasteiger partial charge in [0.15, 0.2) is 0 Å². The van der Waals surface area contributed by atoms with Crippen molar-refractivity contribution in [2.75, 3.05) is 12.3 Å². The molecule has 2 rings (SSSR count). The molecule has 4 nitrogen and oxygen atoms in total. The van der Waals surface area contributed by atoms with Crippen molar-refractivity contribution in [1.29, 1.82) is 0 Å². The van der Waals surface area contributed by atoms with E-state index in [0.29, 0.717) is 12.6 Å². The van der Waals surface area contributed by atoms with Gasteiger partial charge in [0.1, 0.15) is 6.04 Å². The van der Waals surface area contributed by atoms with E-state index in [1.54, 1.807) is 11.8 Å². The zero-order chi connectivity index (χ0) is 14.2. The van der Waals surface area contributed by atoms with Gasteiger partial charge in [-0.05, 0) is 25.0 Å². The van der Waals surface area contributed by atoms with Crippen LogP contribution in [0.4, 0.5) is 0 Å². The van der Waals surface area contributed by atoms with Crippen LogP contribution in [0.15, 0.2) is 35.2 Å². The lowest BCUT2D eigenvalue weighted by molar-refractivity contribution is -0.122. The summed E-state index contributed by atoms with van der Waals surface area (Å²) in [6.45, 7) is 2.87. The molecule has 1 aromatic carbocycles. The van der Waals surface area contributed by atoms with E-state index in [2.05, 4.69) is 35.2 Å². The number of rotatable bonds is 7. The predicted octanol–water partition coefficient (Wildman–Crippen LogP) is 1.93. The SMILES string of the molecule is CCCC1CC(C(=O)NCCSc2ccccc2)NN1. The lowest BCUT2D eigenvalue weighted by Crippen LogP contribution is -2.44.